The van der Waals surface area contributed by atoms with E-state index >= 15 is 0 Å². The molecule has 0 aliphatic carbocycles. The van der Waals surface area contributed by atoms with Crippen LogP contribution >= 0.6 is 0 Å². The van der Waals surface area contributed by atoms with Gasteiger partial charge in [-0.25, -0.2) is 4.39 Å². The molecule has 1 atom stereocenters. The summed E-state index contributed by atoms with van der Waals surface area (Å²) in [5.74, 6) is -0.227. The van der Waals surface area contributed by atoms with Crippen LogP contribution < -0.4 is 0 Å². The SMILES string of the molecule is C=CCCC(O)CN(Cc1ccccc1)Cc1ccc(F)cc1. The van der Waals surface area contributed by atoms with Gasteiger partial charge in [0.15, 0.2) is 0 Å². The number of hydrogen-bond acceptors (Lipinski definition) is 2. The van der Waals surface area contributed by atoms with E-state index < -0.39 is 6.10 Å². The highest BCUT2D eigenvalue weighted by Gasteiger charge is 2.12. The fraction of sp³-hybridized carbons (Fsp3) is 0.300. The first-order valence-corrected chi connectivity index (χ1v) is 7.97. The molecular weight excluding hydrogens is 289 g/mol. The lowest BCUT2D eigenvalue weighted by molar-refractivity contribution is 0.0984. The van der Waals surface area contributed by atoms with E-state index in [1.807, 2.05) is 24.3 Å². The first kappa shape index (κ1) is 17.4. The Labute approximate surface area is 137 Å². The van der Waals surface area contributed by atoms with Crippen molar-refractivity contribution in [3.63, 3.8) is 0 Å². The van der Waals surface area contributed by atoms with Crippen LogP contribution in [0, 0.1) is 5.82 Å². The lowest BCUT2D eigenvalue weighted by Crippen LogP contribution is -2.31. The average molecular weight is 313 g/mol. The summed E-state index contributed by atoms with van der Waals surface area (Å²) < 4.78 is 13.1. The number of aliphatic hydroxyl groups is 1. The monoisotopic (exact) mass is 313 g/mol. The molecule has 0 heterocycles. The van der Waals surface area contributed by atoms with Gasteiger partial charge in [-0.05, 0) is 36.1 Å². The van der Waals surface area contributed by atoms with E-state index in [0.717, 1.165) is 18.5 Å². The summed E-state index contributed by atoms with van der Waals surface area (Å²) in [5, 5.41) is 10.2. The van der Waals surface area contributed by atoms with Crippen LogP contribution in [-0.2, 0) is 13.1 Å². The van der Waals surface area contributed by atoms with Gasteiger partial charge in [0.1, 0.15) is 5.82 Å². The van der Waals surface area contributed by atoms with Crippen LogP contribution in [-0.4, -0.2) is 22.7 Å². The van der Waals surface area contributed by atoms with Crippen molar-refractivity contribution >= 4 is 0 Å². The number of allylic oxidation sites excluding steroid dienone is 1. The minimum absolute atomic E-state index is 0.227. The molecular formula is C20H24FNO. The molecule has 23 heavy (non-hydrogen) atoms. The first-order valence-electron chi connectivity index (χ1n) is 7.97. The maximum Gasteiger partial charge on any atom is 0.123 e. The summed E-state index contributed by atoms with van der Waals surface area (Å²) in [7, 11) is 0. The van der Waals surface area contributed by atoms with Gasteiger partial charge in [0.2, 0.25) is 0 Å². The zero-order valence-corrected chi connectivity index (χ0v) is 13.4. The van der Waals surface area contributed by atoms with Gasteiger partial charge < -0.3 is 5.11 Å². The highest BCUT2D eigenvalue weighted by Crippen LogP contribution is 2.13. The molecule has 2 nitrogen and oxygen atoms in total. The number of halogens is 1. The van der Waals surface area contributed by atoms with Gasteiger partial charge in [0.05, 0.1) is 6.10 Å². The van der Waals surface area contributed by atoms with E-state index in [-0.39, 0.29) is 5.82 Å². The van der Waals surface area contributed by atoms with Gasteiger partial charge in [-0.15, -0.1) is 6.58 Å². The predicted molar refractivity (Wildman–Crippen MR) is 92.4 cm³/mol. The van der Waals surface area contributed by atoms with Gasteiger partial charge in [-0.3, -0.25) is 4.90 Å². The molecule has 122 valence electrons. The van der Waals surface area contributed by atoms with E-state index in [1.54, 1.807) is 12.1 Å². The second-order valence-corrected chi connectivity index (χ2v) is 5.80. The molecule has 0 amide bonds. The lowest BCUT2D eigenvalue weighted by atomic mass is 10.1. The Balaban J connectivity index is 2.03. The maximum absolute atomic E-state index is 13.1. The van der Waals surface area contributed by atoms with Gasteiger partial charge in [0.25, 0.3) is 0 Å². The zero-order valence-electron chi connectivity index (χ0n) is 13.4. The molecule has 0 fully saturated rings. The molecule has 0 aliphatic heterocycles. The normalized spacial score (nSPS) is 12.3. The van der Waals surface area contributed by atoms with Crippen LogP contribution in [0.25, 0.3) is 0 Å². The van der Waals surface area contributed by atoms with Crippen molar-refractivity contribution in [1.29, 1.82) is 0 Å². The molecule has 1 N–H and O–H groups in total. The second kappa shape index (κ2) is 9.23. The molecule has 0 aromatic heterocycles. The molecule has 2 aromatic rings. The highest BCUT2D eigenvalue weighted by molar-refractivity contribution is 5.17. The third-order valence-corrected chi connectivity index (χ3v) is 3.74. The van der Waals surface area contributed by atoms with E-state index in [0.29, 0.717) is 19.5 Å². The van der Waals surface area contributed by atoms with Crippen molar-refractivity contribution in [2.45, 2.75) is 32.0 Å². The van der Waals surface area contributed by atoms with Crippen LogP contribution in [0.15, 0.2) is 67.3 Å². The van der Waals surface area contributed by atoms with Gasteiger partial charge >= 0.3 is 0 Å². The molecule has 3 heteroatoms. The van der Waals surface area contributed by atoms with Crippen LogP contribution in [0.3, 0.4) is 0 Å². The largest absolute Gasteiger partial charge is 0.392 e. The van der Waals surface area contributed by atoms with E-state index in [4.69, 9.17) is 0 Å². The van der Waals surface area contributed by atoms with E-state index in [2.05, 4.69) is 23.6 Å². The van der Waals surface area contributed by atoms with Crippen molar-refractivity contribution in [2.75, 3.05) is 6.54 Å². The second-order valence-electron chi connectivity index (χ2n) is 5.80. The maximum atomic E-state index is 13.1. The fourth-order valence-electron chi connectivity index (χ4n) is 2.57. The van der Waals surface area contributed by atoms with Gasteiger partial charge in [-0.1, -0.05) is 48.5 Å². The first-order chi connectivity index (χ1) is 11.2. The molecule has 0 saturated carbocycles. The topological polar surface area (TPSA) is 23.5 Å². The molecule has 2 aromatic carbocycles. The zero-order chi connectivity index (χ0) is 16.5. The van der Waals surface area contributed by atoms with Crippen molar-refractivity contribution in [3.05, 3.63) is 84.2 Å². The van der Waals surface area contributed by atoms with Crippen LogP contribution in [0.1, 0.15) is 24.0 Å². The Kier molecular flexibility index (Phi) is 6.98. The Morgan fingerprint density at radius 3 is 2.22 bits per heavy atom. The standard InChI is InChI=1S/C20H24FNO/c1-2-3-9-20(23)16-22(14-17-7-5-4-6-8-17)15-18-10-12-19(21)13-11-18/h2,4-8,10-13,20,23H,1,3,9,14-16H2. The minimum Gasteiger partial charge on any atom is -0.392 e. The quantitative estimate of drug-likeness (QED) is 0.703. The highest BCUT2D eigenvalue weighted by atomic mass is 19.1. The Hall–Kier alpha value is -1.97. The van der Waals surface area contributed by atoms with Crippen molar-refractivity contribution in [2.24, 2.45) is 0 Å². The number of hydrogen-bond donors (Lipinski definition) is 1. The van der Waals surface area contributed by atoms with Crippen molar-refractivity contribution < 1.29 is 9.50 Å². The predicted octanol–water partition coefficient (Wildman–Crippen LogP) is 4.16. The van der Waals surface area contributed by atoms with Gasteiger partial charge in [-0.2, -0.15) is 0 Å². The van der Waals surface area contributed by atoms with Crippen molar-refractivity contribution in [3.8, 4) is 0 Å². The average Bonchev–Trinajstić information content (AvgIpc) is 2.56. The smallest absolute Gasteiger partial charge is 0.123 e. The Bertz CT molecular complexity index is 582. The van der Waals surface area contributed by atoms with Crippen molar-refractivity contribution in [1.82, 2.24) is 4.90 Å². The minimum atomic E-state index is -0.392. The molecule has 0 spiro atoms. The summed E-state index contributed by atoms with van der Waals surface area (Å²) in [6, 6.07) is 16.7. The number of rotatable bonds is 9. The lowest BCUT2D eigenvalue weighted by Gasteiger charge is -2.25. The summed E-state index contributed by atoms with van der Waals surface area (Å²) in [6.07, 6.45) is 2.94. The molecule has 0 bridgehead atoms. The number of benzene rings is 2. The third-order valence-electron chi connectivity index (χ3n) is 3.74. The van der Waals surface area contributed by atoms with Crippen LogP contribution in [0.4, 0.5) is 4.39 Å². The summed E-state index contributed by atoms with van der Waals surface area (Å²) >= 11 is 0. The van der Waals surface area contributed by atoms with E-state index in [9.17, 15) is 9.50 Å². The molecule has 1 unspecified atom stereocenters. The summed E-state index contributed by atoms with van der Waals surface area (Å²) in [6.45, 7) is 5.71. The van der Waals surface area contributed by atoms with E-state index in [1.165, 1.54) is 17.7 Å². The van der Waals surface area contributed by atoms with Crippen LogP contribution in [0.5, 0.6) is 0 Å². The van der Waals surface area contributed by atoms with Gasteiger partial charge in [0, 0.05) is 19.6 Å². The third kappa shape index (κ3) is 6.35. The van der Waals surface area contributed by atoms with Crippen LogP contribution in [0.2, 0.25) is 0 Å². The Morgan fingerprint density at radius 1 is 1.00 bits per heavy atom. The molecule has 0 saturated heterocycles. The number of nitrogens with zero attached hydrogens (tertiary/aromatic N) is 1. The molecule has 2 rings (SSSR count). The Morgan fingerprint density at radius 2 is 1.61 bits per heavy atom. The molecule has 0 aliphatic rings. The number of aliphatic hydroxyl groups excluding tert-OH is 1. The fourth-order valence-corrected chi connectivity index (χ4v) is 2.57. The molecule has 0 radical (unpaired) electrons. The summed E-state index contributed by atoms with van der Waals surface area (Å²) in [4.78, 5) is 2.19. The summed E-state index contributed by atoms with van der Waals surface area (Å²) in [5.41, 5.74) is 2.24.